The number of aliphatic hydroxyl groups is 1. The summed E-state index contributed by atoms with van der Waals surface area (Å²) in [5.41, 5.74) is 1.20. The Bertz CT molecular complexity index is 473. The second kappa shape index (κ2) is 8.28. The molecular weight excluding hydrogens is 240 g/mol. The molecule has 0 aliphatic heterocycles. The van der Waals surface area contributed by atoms with Crippen molar-refractivity contribution in [2.45, 2.75) is 26.7 Å². The Morgan fingerprint density at radius 1 is 1.47 bits per heavy atom. The van der Waals surface area contributed by atoms with Crippen LogP contribution >= 0.6 is 0 Å². The van der Waals surface area contributed by atoms with E-state index in [-0.39, 0.29) is 12.5 Å². The maximum Gasteiger partial charge on any atom is 0.252 e. The van der Waals surface area contributed by atoms with Crippen LogP contribution in [0.1, 0.15) is 42.6 Å². The van der Waals surface area contributed by atoms with Gasteiger partial charge in [0.15, 0.2) is 0 Å². The molecule has 0 bridgehead atoms. The Morgan fingerprint density at radius 3 is 2.95 bits per heavy atom. The highest BCUT2D eigenvalue weighted by molar-refractivity contribution is 5.94. The van der Waals surface area contributed by atoms with Crippen LogP contribution in [0.15, 0.2) is 18.5 Å². The number of nitrogens with one attached hydrogen (secondary N) is 1. The molecule has 4 nitrogen and oxygen atoms in total. The summed E-state index contributed by atoms with van der Waals surface area (Å²) < 4.78 is 0. The number of carbonyl (C=O) groups is 1. The van der Waals surface area contributed by atoms with Crippen LogP contribution in [0.25, 0.3) is 0 Å². The predicted octanol–water partition coefficient (Wildman–Crippen LogP) is 1.59. The minimum Gasteiger partial charge on any atom is -0.395 e. The van der Waals surface area contributed by atoms with Crippen LogP contribution in [-0.2, 0) is 0 Å². The average molecular weight is 260 g/mol. The van der Waals surface area contributed by atoms with Crippen LogP contribution in [0.4, 0.5) is 0 Å². The Hall–Kier alpha value is -1.86. The number of aromatic nitrogens is 1. The first kappa shape index (κ1) is 15.2. The van der Waals surface area contributed by atoms with Crippen molar-refractivity contribution in [2.75, 3.05) is 13.2 Å². The third kappa shape index (κ3) is 6.03. The molecule has 1 rings (SSSR count). The van der Waals surface area contributed by atoms with Crippen molar-refractivity contribution in [1.29, 1.82) is 0 Å². The van der Waals surface area contributed by atoms with Gasteiger partial charge in [-0.05, 0) is 18.4 Å². The van der Waals surface area contributed by atoms with E-state index in [0.717, 1.165) is 6.42 Å². The van der Waals surface area contributed by atoms with E-state index in [1.807, 2.05) is 0 Å². The lowest BCUT2D eigenvalue weighted by Gasteiger charge is -2.07. The molecule has 1 heterocycles. The highest BCUT2D eigenvalue weighted by atomic mass is 16.2. The molecule has 1 aromatic rings. The first-order chi connectivity index (χ1) is 9.13. The second-order valence-electron chi connectivity index (χ2n) is 4.68. The summed E-state index contributed by atoms with van der Waals surface area (Å²) in [6.45, 7) is 4.93. The van der Waals surface area contributed by atoms with E-state index in [2.05, 4.69) is 36.0 Å². The lowest BCUT2D eigenvalue weighted by molar-refractivity contribution is 0.0951. The molecule has 2 N–H and O–H groups in total. The molecule has 0 unspecified atom stereocenters. The fraction of sp³-hybridized carbons (Fsp3) is 0.467. The molecule has 0 radical (unpaired) electrons. The molecule has 4 heteroatoms. The summed E-state index contributed by atoms with van der Waals surface area (Å²) in [4.78, 5) is 15.9. The molecule has 1 aromatic heterocycles. The van der Waals surface area contributed by atoms with Crippen LogP contribution in [0.3, 0.4) is 0 Å². The fourth-order valence-corrected chi connectivity index (χ4v) is 1.43. The number of aliphatic hydroxyl groups excluding tert-OH is 1. The van der Waals surface area contributed by atoms with Crippen molar-refractivity contribution >= 4 is 5.91 Å². The molecule has 19 heavy (non-hydrogen) atoms. The number of nitrogens with zero attached hydrogens (tertiary/aromatic N) is 1. The molecule has 0 fully saturated rings. The quantitative estimate of drug-likeness (QED) is 0.790. The Balaban J connectivity index is 2.61. The average Bonchev–Trinajstić information content (AvgIpc) is 2.39. The zero-order valence-corrected chi connectivity index (χ0v) is 11.4. The number of rotatable bonds is 5. The lowest BCUT2D eigenvalue weighted by Crippen LogP contribution is -2.25. The Labute approximate surface area is 114 Å². The second-order valence-corrected chi connectivity index (χ2v) is 4.68. The minimum atomic E-state index is -0.126. The predicted molar refractivity (Wildman–Crippen MR) is 74.6 cm³/mol. The van der Waals surface area contributed by atoms with Gasteiger partial charge in [-0.2, -0.15) is 0 Å². The van der Waals surface area contributed by atoms with Crippen LogP contribution in [0, 0.1) is 17.8 Å². The van der Waals surface area contributed by atoms with Gasteiger partial charge in [0.2, 0.25) is 0 Å². The van der Waals surface area contributed by atoms with E-state index >= 15 is 0 Å². The van der Waals surface area contributed by atoms with Crippen molar-refractivity contribution in [3.63, 3.8) is 0 Å². The number of hydrogen-bond acceptors (Lipinski definition) is 3. The van der Waals surface area contributed by atoms with E-state index in [1.165, 1.54) is 6.20 Å². The summed E-state index contributed by atoms with van der Waals surface area (Å²) in [5, 5.41) is 11.5. The Kier molecular flexibility index (Phi) is 6.62. The van der Waals surface area contributed by atoms with Gasteiger partial charge in [-0.15, -0.1) is 0 Å². The lowest BCUT2D eigenvalue weighted by atomic mass is 10.1. The molecule has 1 amide bonds. The van der Waals surface area contributed by atoms with Gasteiger partial charge in [0.05, 0.1) is 12.2 Å². The van der Waals surface area contributed by atoms with Gasteiger partial charge >= 0.3 is 0 Å². The van der Waals surface area contributed by atoms with Gasteiger partial charge in [-0.3, -0.25) is 9.78 Å². The molecule has 0 saturated heterocycles. The van der Waals surface area contributed by atoms with Crippen molar-refractivity contribution in [2.24, 2.45) is 5.92 Å². The summed E-state index contributed by atoms with van der Waals surface area (Å²) in [6, 6.07) is 1.71. The van der Waals surface area contributed by atoms with Crippen LogP contribution in [0.5, 0.6) is 0 Å². The first-order valence-corrected chi connectivity index (χ1v) is 6.46. The van der Waals surface area contributed by atoms with Gasteiger partial charge in [0, 0.05) is 30.9 Å². The molecular formula is C15H20N2O2. The van der Waals surface area contributed by atoms with Gasteiger partial charge in [0.1, 0.15) is 0 Å². The van der Waals surface area contributed by atoms with Gasteiger partial charge in [-0.1, -0.05) is 25.7 Å². The van der Waals surface area contributed by atoms with Crippen LogP contribution in [-0.4, -0.2) is 29.1 Å². The van der Waals surface area contributed by atoms with Crippen LogP contribution < -0.4 is 5.32 Å². The van der Waals surface area contributed by atoms with Crippen molar-refractivity contribution in [1.82, 2.24) is 10.3 Å². The van der Waals surface area contributed by atoms with Gasteiger partial charge in [0.25, 0.3) is 5.91 Å². The zero-order chi connectivity index (χ0) is 14.1. The Morgan fingerprint density at radius 2 is 2.26 bits per heavy atom. The molecule has 102 valence electrons. The SMILES string of the molecule is CC(C)CCNC(=O)c1cncc(C#CCCO)c1. The monoisotopic (exact) mass is 260 g/mol. The summed E-state index contributed by atoms with van der Waals surface area (Å²) in [5.74, 6) is 6.10. The third-order valence-electron chi connectivity index (χ3n) is 2.48. The first-order valence-electron chi connectivity index (χ1n) is 6.46. The summed E-state index contributed by atoms with van der Waals surface area (Å²) in [7, 11) is 0. The number of carbonyl (C=O) groups excluding carboxylic acids is 1. The normalized spacial score (nSPS) is 9.89. The highest BCUT2D eigenvalue weighted by Gasteiger charge is 2.06. The summed E-state index contributed by atoms with van der Waals surface area (Å²) >= 11 is 0. The molecule has 0 spiro atoms. The van der Waals surface area contributed by atoms with Crippen molar-refractivity contribution < 1.29 is 9.90 Å². The molecule has 0 aliphatic carbocycles. The van der Waals surface area contributed by atoms with E-state index in [0.29, 0.717) is 30.0 Å². The van der Waals surface area contributed by atoms with Gasteiger partial charge in [-0.25, -0.2) is 0 Å². The smallest absolute Gasteiger partial charge is 0.252 e. The third-order valence-corrected chi connectivity index (χ3v) is 2.48. The molecule has 0 aliphatic rings. The number of amides is 1. The van der Waals surface area contributed by atoms with Crippen LogP contribution in [0.2, 0.25) is 0 Å². The fourth-order valence-electron chi connectivity index (χ4n) is 1.43. The van der Waals surface area contributed by atoms with Gasteiger partial charge < -0.3 is 10.4 Å². The number of hydrogen-bond donors (Lipinski definition) is 2. The maximum atomic E-state index is 11.9. The number of pyridine rings is 1. The standard InChI is InChI=1S/C15H20N2O2/c1-12(2)6-7-17-15(19)14-9-13(10-16-11-14)5-3-4-8-18/h9-12,18H,4,6-8H2,1-2H3,(H,17,19). The molecule has 0 atom stereocenters. The van der Waals surface area contributed by atoms with E-state index in [4.69, 9.17) is 5.11 Å². The minimum absolute atomic E-state index is 0.0375. The van der Waals surface area contributed by atoms with Crippen molar-refractivity contribution in [3.8, 4) is 11.8 Å². The highest BCUT2D eigenvalue weighted by Crippen LogP contribution is 2.02. The molecule has 0 saturated carbocycles. The largest absolute Gasteiger partial charge is 0.395 e. The maximum absolute atomic E-state index is 11.9. The zero-order valence-electron chi connectivity index (χ0n) is 11.4. The topological polar surface area (TPSA) is 62.2 Å². The summed E-state index contributed by atoms with van der Waals surface area (Å²) in [6.07, 6.45) is 4.51. The molecule has 0 aromatic carbocycles. The van der Waals surface area contributed by atoms with Crippen molar-refractivity contribution in [3.05, 3.63) is 29.6 Å². The van der Waals surface area contributed by atoms with E-state index in [9.17, 15) is 4.79 Å². The van der Waals surface area contributed by atoms with E-state index < -0.39 is 0 Å². The van der Waals surface area contributed by atoms with E-state index in [1.54, 1.807) is 12.3 Å².